The maximum absolute atomic E-state index is 12.4. The fraction of sp³-hybridized carbons (Fsp3) is 0.538. The molecule has 2 rings (SSSR count). The molecule has 0 amide bonds. The van der Waals surface area contributed by atoms with Crippen molar-refractivity contribution >= 4 is 12.4 Å². The Bertz CT molecular complexity index is 473. The Labute approximate surface area is 121 Å². The van der Waals surface area contributed by atoms with Gasteiger partial charge in [-0.1, -0.05) is 6.07 Å². The van der Waals surface area contributed by atoms with E-state index in [9.17, 15) is 18.4 Å². The Morgan fingerprint density at radius 3 is 2.40 bits per heavy atom. The molecular formula is C13H15ClF3N3. The number of halogens is 4. The number of nitrogens with zero attached hydrogens (tertiary/aromatic N) is 2. The van der Waals surface area contributed by atoms with E-state index in [-0.39, 0.29) is 12.4 Å². The number of rotatable bonds is 2. The summed E-state index contributed by atoms with van der Waals surface area (Å²) in [5.41, 5.74) is -0.698. The summed E-state index contributed by atoms with van der Waals surface area (Å²) >= 11 is 0. The molecule has 20 heavy (non-hydrogen) atoms. The van der Waals surface area contributed by atoms with E-state index in [1.165, 1.54) is 12.3 Å². The van der Waals surface area contributed by atoms with Crippen LogP contribution in [0.15, 0.2) is 18.3 Å². The molecular weight excluding hydrogens is 291 g/mol. The van der Waals surface area contributed by atoms with Crippen molar-refractivity contribution in [3.63, 3.8) is 0 Å². The van der Waals surface area contributed by atoms with Gasteiger partial charge in [0.1, 0.15) is 5.69 Å². The zero-order chi connectivity index (χ0) is 13.9. The first kappa shape index (κ1) is 16.7. The van der Waals surface area contributed by atoms with Gasteiger partial charge in [0, 0.05) is 6.20 Å². The highest BCUT2D eigenvalue weighted by Crippen LogP contribution is 2.33. The lowest BCUT2D eigenvalue weighted by Crippen LogP contribution is -2.37. The highest BCUT2D eigenvalue weighted by molar-refractivity contribution is 5.85. The summed E-state index contributed by atoms with van der Waals surface area (Å²) in [4.78, 5) is 3.43. The van der Waals surface area contributed by atoms with Crippen LogP contribution in [0.4, 0.5) is 13.2 Å². The molecule has 1 saturated heterocycles. The minimum absolute atomic E-state index is 0. The van der Waals surface area contributed by atoms with Gasteiger partial charge in [-0.05, 0) is 44.0 Å². The minimum atomic E-state index is -4.42. The highest BCUT2D eigenvalue weighted by Gasteiger charge is 2.34. The largest absolute Gasteiger partial charge is 0.433 e. The summed E-state index contributed by atoms with van der Waals surface area (Å²) in [6.45, 7) is 1.53. The maximum atomic E-state index is 12.4. The van der Waals surface area contributed by atoms with Crippen LogP contribution in [-0.2, 0) is 12.6 Å². The van der Waals surface area contributed by atoms with Crippen LogP contribution >= 0.6 is 12.4 Å². The molecule has 0 aliphatic carbocycles. The highest BCUT2D eigenvalue weighted by atomic mass is 35.5. The first-order chi connectivity index (χ1) is 8.95. The van der Waals surface area contributed by atoms with Crippen LogP contribution in [0.25, 0.3) is 0 Å². The molecule has 0 aromatic carbocycles. The molecule has 0 unspecified atom stereocenters. The van der Waals surface area contributed by atoms with Gasteiger partial charge in [-0.2, -0.15) is 18.4 Å². The maximum Gasteiger partial charge on any atom is 0.433 e. The molecule has 1 aromatic rings. The zero-order valence-electron chi connectivity index (χ0n) is 10.7. The van der Waals surface area contributed by atoms with Crippen molar-refractivity contribution in [3.8, 4) is 6.07 Å². The quantitative estimate of drug-likeness (QED) is 0.914. The van der Waals surface area contributed by atoms with Gasteiger partial charge in [-0.25, -0.2) is 0 Å². The lowest BCUT2D eigenvalue weighted by atomic mass is 9.76. The molecule has 1 N–H and O–H groups in total. The summed E-state index contributed by atoms with van der Waals surface area (Å²) in [5.74, 6) is 0. The standard InChI is InChI=1S/C13H14F3N3.ClH/c14-13(15,16)11-2-1-10(8-19-11)7-12(9-17)3-5-18-6-4-12;/h1-2,8,18H,3-7H2;1H. The third-order valence-corrected chi connectivity index (χ3v) is 3.46. The van der Waals surface area contributed by atoms with E-state index in [1.54, 1.807) is 0 Å². The zero-order valence-corrected chi connectivity index (χ0v) is 11.5. The van der Waals surface area contributed by atoms with E-state index < -0.39 is 17.3 Å². The fourth-order valence-corrected chi connectivity index (χ4v) is 2.32. The molecule has 0 saturated carbocycles. The van der Waals surface area contributed by atoms with E-state index in [0.717, 1.165) is 19.2 Å². The Balaban J connectivity index is 0.00000200. The SMILES string of the molecule is Cl.N#CC1(Cc2ccc(C(F)(F)F)nc2)CCNCC1. The van der Waals surface area contributed by atoms with Crippen LogP contribution in [0.2, 0.25) is 0 Å². The van der Waals surface area contributed by atoms with E-state index in [4.69, 9.17) is 0 Å². The lowest BCUT2D eigenvalue weighted by Gasteiger charge is -2.31. The predicted molar refractivity (Wildman–Crippen MR) is 70.3 cm³/mol. The molecule has 1 fully saturated rings. The van der Waals surface area contributed by atoms with Crippen molar-refractivity contribution in [2.75, 3.05) is 13.1 Å². The summed E-state index contributed by atoms with van der Waals surface area (Å²) < 4.78 is 37.2. The van der Waals surface area contributed by atoms with Crippen LogP contribution in [0.5, 0.6) is 0 Å². The number of piperidine rings is 1. The number of aromatic nitrogens is 1. The molecule has 110 valence electrons. The second-order valence-corrected chi connectivity index (χ2v) is 4.87. The molecule has 1 aromatic heterocycles. The topological polar surface area (TPSA) is 48.7 Å². The van der Waals surface area contributed by atoms with Gasteiger partial charge in [0.25, 0.3) is 0 Å². The predicted octanol–water partition coefficient (Wildman–Crippen LogP) is 2.96. The fourth-order valence-electron chi connectivity index (χ4n) is 2.32. The van der Waals surface area contributed by atoms with E-state index in [2.05, 4.69) is 16.4 Å². The average molecular weight is 306 g/mol. The van der Waals surface area contributed by atoms with Crippen molar-refractivity contribution in [1.82, 2.24) is 10.3 Å². The Morgan fingerprint density at radius 2 is 1.95 bits per heavy atom. The van der Waals surface area contributed by atoms with Gasteiger partial charge in [0.15, 0.2) is 0 Å². The third kappa shape index (κ3) is 3.84. The number of hydrogen-bond acceptors (Lipinski definition) is 3. The average Bonchev–Trinajstić information content (AvgIpc) is 2.39. The normalized spacial score (nSPS) is 17.9. The van der Waals surface area contributed by atoms with Gasteiger partial charge in [-0.15, -0.1) is 12.4 Å². The van der Waals surface area contributed by atoms with Gasteiger partial charge in [0.05, 0.1) is 11.5 Å². The van der Waals surface area contributed by atoms with Crippen LogP contribution in [0, 0.1) is 16.7 Å². The van der Waals surface area contributed by atoms with E-state index >= 15 is 0 Å². The van der Waals surface area contributed by atoms with Gasteiger partial charge < -0.3 is 5.32 Å². The van der Waals surface area contributed by atoms with Crippen LogP contribution in [-0.4, -0.2) is 18.1 Å². The second kappa shape index (κ2) is 6.42. The monoisotopic (exact) mass is 305 g/mol. The third-order valence-electron chi connectivity index (χ3n) is 3.46. The number of hydrogen-bond donors (Lipinski definition) is 1. The second-order valence-electron chi connectivity index (χ2n) is 4.87. The van der Waals surface area contributed by atoms with Crippen molar-refractivity contribution in [3.05, 3.63) is 29.6 Å². The van der Waals surface area contributed by atoms with Crippen molar-refractivity contribution in [2.24, 2.45) is 5.41 Å². The number of pyridine rings is 1. The Kier molecular flexibility index (Phi) is 5.37. The summed E-state index contributed by atoms with van der Waals surface area (Å²) in [6.07, 6.45) is -1.31. The van der Waals surface area contributed by atoms with Gasteiger partial charge in [-0.3, -0.25) is 4.98 Å². The van der Waals surface area contributed by atoms with Crippen molar-refractivity contribution < 1.29 is 13.2 Å². The van der Waals surface area contributed by atoms with Crippen LogP contribution in [0.1, 0.15) is 24.1 Å². The van der Waals surface area contributed by atoms with Gasteiger partial charge >= 0.3 is 6.18 Å². The molecule has 1 aliphatic heterocycles. The van der Waals surface area contributed by atoms with Crippen LogP contribution in [0.3, 0.4) is 0 Å². The Hall–Kier alpha value is -1.32. The molecule has 3 nitrogen and oxygen atoms in total. The summed E-state index contributed by atoms with van der Waals surface area (Å²) in [7, 11) is 0. The first-order valence-corrected chi connectivity index (χ1v) is 6.09. The number of nitrogens with one attached hydrogen (secondary N) is 1. The molecule has 0 radical (unpaired) electrons. The molecule has 7 heteroatoms. The Morgan fingerprint density at radius 1 is 1.30 bits per heavy atom. The smallest absolute Gasteiger partial charge is 0.317 e. The minimum Gasteiger partial charge on any atom is -0.317 e. The summed E-state index contributed by atoms with van der Waals surface area (Å²) in [5, 5.41) is 12.5. The van der Waals surface area contributed by atoms with E-state index in [1.807, 2.05) is 0 Å². The van der Waals surface area contributed by atoms with Gasteiger partial charge in [0.2, 0.25) is 0 Å². The first-order valence-electron chi connectivity index (χ1n) is 6.09. The molecule has 0 atom stereocenters. The summed E-state index contributed by atoms with van der Waals surface area (Å²) in [6, 6.07) is 4.71. The molecule has 0 spiro atoms. The number of nitriles is 1. The molecule has 2 heterocycles. The lowest BCUT2D eigenvalue weighted by molar-refractivity contribution is -0.141. The number of alkyl halides is 3. The molecule has 0 bridgehead atoms. The van der Waals surface area contributed by atoms with Crippen LogP contribution < -0.4 is 5.32 Å². The molecule has 1 aliphatic rings. The van der Waals surface area contributed by atoms with Crippen molar-refractivity contribution in [2.45, 2.75) is 25.4 Å². The van der Waals surface area contributed by atoms with Crippen molar-refractivity contribution in [1.29, 1.82) is 5.26 Å². The van der Waals surface area contributed by atoms with E-state index in [0.29, 0.717) is 24.8 Å².